The van der Waals surface area contributed by atoms with Crippen LogP contribution in [0.5, 0.6) is 0 Å². The van der Waals surface area contributed by atoms with Crippen molar-refractivity contribution in [2.24, 2.45) is 0 Å². The van der Waals surface area contributed by atoms with E-state index in [1.807, 2.05) is 0 Å². The van der Waals surface area contributed by atoms with E-state index >= 15 is 0 Å². The Morgan fingerprint density at radius 2 is 2.00 bits per heavy atom. The summed E-state index contributed by atoms with van der Waals surface area (Å²) < 4.78 is 35.9. The lowest BCUT2D eigenvalue weighted by molar-refractivity contribution is -0.141. The number of pyridine rings is 1. The van der Waals surface area contributed by atoms with Crippen molar-refractivity contribution in [3.63, 3.8) is 0 Å². The Labute approximate surface area is 70.8 Å². The quantitative estimate of drug-likeness (QED) is 0.695. The molecule has 72 valence electrons. The zero-order valence-corrected chi connectivity index (χ0v) is 6.35. The molecule has 2 N–H and O–H groups in total. The first-order valence-electron chi connectivity index (χ1n) is 3.35. The van der Waals surface area contributed by atoms with Crippen molar-refractivity contribution in [1.82, 2.24) is 4.98 Å². The maximum Gasteiger partial charge on any atom is 0.431 e. The third kappa shape index (κ3) is 2.09. The zero-order chi connectivity index (χ0) is 10.1. The third-order valence-corrected chi connectivity index (χ3v) is 1.47. The summed E-state index contributed by atoms with van der Waals surface area (Å²) in [5.41, 5.74) is -2.12. The Morgan fingerprint density at radius 1 is 1.38 bits per heavy atom. The van der Waals surface area contributed by atoms with Crippen LogP contribution in [0.4, 0.5) is 13.2 Å². The summed E-state index contributed by atoms with van der Waals surface area (Å²) in [5, 5.41) is 8.51. The van der Waals surface area contributed by atoms with Gasteiger partial charge in [0.1, 0.15) is 5.69 Å². The number of aliphatic hydroxyl groups excluding tert-OH is 1. The van der Waals surface area contributed by atoms with Crippen molar-refractivity contribution >= 4 is 0 Å². The van der Waals surface area contributed by atoms with Crippen LogP contribution in [0.25, 0.3) is 0 Å². The molecule has 1 rings (SSSR count). The molecule has 0 spiro atoms. The van der Waals surface area contributed by atoms with Gasteiger partial charge in [0.2, 0.25) is 0 Å². The fourth-order valence-corrected chi connectivity index (χ4v) is 0.794. The number of rotatable bonds is 1. The molecule has 13 heavy (non-hydrogen) atoms. The van der Waals surface area contributed by atoms with E-state index in [1.54, 1.807) is 4.98 Å². The number of hydrogen-bond donors (Lipinski definition) is 2. The summed E-state index contributed by atoms with van der Waals surface area (Å²) in [6.07, 6.45) is -4.56. The molecule has 3 nitrogen and oxygen atoms in total. The van der Waals surface area contributed by atoms with Gasteiger partial charge in [-0.2, -0.15) is 13.2 Å². The van der Waals surface area contributed by atoms with Gasteiger partial charge in [-0.05, 0) is 12.1 Å². The highest BCUT2D eigenvalue weighted by molar-refractivity contribution is 5.15. The molecule has 0 aliphatic heterocycles. The smallest absolute Gasteiger partial charge is 0.391 e. The SMILES string of the molecule is O=c1[nH]c(C(F)(F)F)ccc1CO. The molecule has 0 unspecified atom stereocenters. The van der Waals surface area contributed by atoms with Crippen molar-refractivity contribution in [1.29, 1.82) is 0 Å². The topological polar surface area (TPSA) is 53.1 Å². The van der Waals surface area contributed by atoms with E-state index in [1.165, 1.54) is 0 Å². The van der Waals surface area contributed by atoms with Gasteiger partial charge in [-0.25, -0.2) is 0 Å². The molecular formula is C7H6F3NO2. The number of aromatic nitrogens is 1. The van der Waals surface area contributed by atoms with Crippen molar-refractivity contribution in [3.8, 4) is 0 Å². The minimum Gasteiger partial charge on any atom is -0.391 e. The number of halogens is 3. The molecule has 0 aliphatic rings. The number of alkyl halides is 3. The van der Waals surface area contributed by atoms with Gasteiger partial charge < -0.3 is 10.1 Å². The van der Waals surface area contributed by atoms with Crippen LogP contribution in [0.1, 0.15) is 11.3 Å². The summed E-state index contributed by atoms with van der Waals surface area (Å²) >= 11 is 0. The first-order chi connectivity index (χ1) is 5.95. The second-order valence-corrected chi connectivity index (χ2v) is 2.38. The Bertz CT molecular complexity index is 355. The molecule has 0 saturated heterocycles. The summed E-state index contributed by atoms with van der Waals surface area (Å²) in [6.45, 7) is -0.576. The highest BCUT2D eigenvalue weighted by Gasteiger charge is 2.31. The Balaban J connectivity index is 3.18. The van der Waals surface area contributed by atoms with E-state index in [9.17, 15) is 18.0 Å². The average Bonchev–Trinajstić information content (AvgIpc) is 2.02. The van der Waals surface area contributed by atoms with Gasteiger partial charge in [-0.1, -0.05) is 0 Å². The van der Waals surface area contributed by atoms with Crippen molar-refractivity contribution in [2.75, 3.05) is 0 Å². The first-order valence-corrected chi connectivity index (χ1v) is 3.35. The molecule has 0 saturated carbocycles. The van der Waals surface area contributed by atoms with Crippen molar-refractivity contribution < 1.29 is 18.3 Å². The maximum absolute atomic E-state index is 12.0. The standard InChI is InChI=1S/C7H6F3NO2/c8-7(9,10)5-2-1-4(3-12)6(13)11-5/h1-2,12H,3H2,(H,11,13). The number of aliphatic hydroxyl groups is 1. The molecule has 1 heterocycles. The van der Waals surface area contributed by atoms with Gasteiger partial charge in [0.15, 0.2) is 0 Å². The van der Waals surface area contributed by atoms with Gasteiger partial charge in [0, 0.05) is 5.56 Å². The molecule has 0 bridgehead atoms. The lowest BCUT2D eigenvalue weighted by Crippen LogP contribution is -2.19. The van der Waals surface area contributed by atoms with Crippen molar-refractivity contribution in [2.45, 2.75) is 12.8 Å². The van der Waals surface area contributed by atoms with Crippen LogP contribution in [0, 0.1) is 0 Å². The van der Waals surface area contributed by atoms with E-state index < -0.39 is 24.0 Å². The van der Waals surface area contributed by atoms with Crippen LogP contribution in [0.2, 0.25) is 0 Å². The Kier molecular flexibility index (Phi) is 2.42. The second-order valence-electron chi connectivity index (χ2n) is 2.38. The fraction of sp³-hybridized carbons (Fsp3) is 0.286. The van der Waals surface area contributed by atoms with Gasteiger partial charge >= 0.3 is 6.18 Å². The first kappa shape index (κ1) is 9.79. The normalized spacial score (nSPS) is 11.7. The van der Waals surface area contributed by atoms with Crippen LogP contribution in [-0.2, 0) is 12.8 Å². The zero-order valence-electron chi connectivity index (χ0n) is 6.35. The Hall–Kier alpha value is -1.30. The van der Waals surface area contributed by atoms with Gasteiger partial charge in [0.25, 0.3) is 5.56 Å². The molecule has 0 aliphatic carbocycles. The molecule has 0 atom stereocenters. The molecule has 1 aromatic rings. The predicted octanol–water partition coefficient (Wildman–Crippen LogP) is 0.886. The van der Waals surface area contributed by atoms with Crippen LogP contribution < -0.4 is 5.56 Å². The highest BCUT2D eigenvalue weighted by Crippen LogP contribution is 2.26. The molecule has 6 heteroatoms. The number of nitrogens with one attached hydrogen (secondary N) is 1. The summed E-state index contributed by atoms with van der Waals surface area (Å²) in [5.74, 6) is 0. The van der Waals surface area contributed by atoms with E-state index in [0.717, 1.165) is 6.07 Å². The molecule has 0 radical (unpaired) electrons. The van der Waals surface area contributed by atoms with Crippen LogP contribution >= 0.6 is 0 Å². The molecular weight excluding hydrogens is 187 g/mol. The van der Waals surface area contributed by atoms with E-state index in [2.05, 4.69) is 0 Å². The van der Waals surface area contributed by atoms with Crippen LogP contribution in [0.15, 0.2) is 16.9 Å². The van der Waals surface area contributed by atoms with Crippen molar-refractivity contribution in [3.05, 3.63) is 33.7 Å². The van der Waals surface area contributed by atoms with Gasteiger partial charge in [-0.15, -0.1) is 0 Å². The summed E-state index contributed by atoms with van der Waals surface area (Å²) in [6, 6.07) is 1.66. The average molecular weight is 193 g/mol. The second kappa shape index (κ2) is 3.21. The molecule has 1 aromatic heterocycles. The maximum atomic E-state index is 12.0. The Morgan fingerprint density at radius 3 is 2.38 bits per heavy atom. The minimum atomic E-state index is -4.56. The number of hydrogen-bond acceptors (Lipinski definition) is 2. The monoisotopic (exact) mass is 193 g/mol. The third-order valence-electron chi connectivity index (χ3n) is 1.47. The summed E-state index contributed by atoms with van der Waals surface area (Å²) in [7, 11) is 0. The van der Waals surface area contributed by atoms with E-state index in [0.29, 0.717) is 6.07 Å². The summed E-state index contributed by atoms with van der Waals surface area (Å²) in [4.78, 5) is 12.4. The van der Waals surface area contributed by atoms with Crippen LogP contribution in [-0.4, -0.2) is 10.1 Å². The number of H-pyrrole nitrogens is 1. The van der Waals surface area contributed by atoms with Crippen LogP contribution in [0.3, 0.4) is 0 Å². The minimum absolute atomic E-state index is 0.0898. The molecule has 0 aromatic carbocycles. The molecule has 0 amide bonds. The number of aromatic amines is 1. The van der Waals surface area contributed by atoms with E-state index in [-0.39, 0.29) is 5.56 Å². The van der Waals surface area contributed by atoms with E-state index in [4.69, 9.17) is 5.11 Å². The van der Waals surface area contributed by atoms with Gasteiger partial charge in [-0.3, -0.25) is 4.79 Å². The lowest BCUT2D eigenvalue weighted by Gasteiger charge is -2.05. The van der Waals surface area contributed by atoms with Gasteiger partial charge in [0.05, 0.1) is 6.61 Å². The molecule has 0 fully saturated rings. The largest absolute Gasteiger partial charge is 0.431 e. The highest BCUT2D eigenvalue weighted by atomic mass is 19.4. The fourth-order valence-electron chi connectivity index (χ4n) is 0.794. The lowest BCUT2D eigenvalue weighted by atomic mass is 10.2. The predicted molar refractivity (Wildman–Crippen MR) is 38.0 cm³/mol.